The number of imidazole rings is 1. The van der Waals surface area contributed by atoms with Gasteiger partial charge in [-0.05, 0) is 128 Å². The van der Waals surface area contributed by atoms with E-state index in [0.717, 1.165) is 43.1 Å². The van der Waals surface area contributed by atoms with E-state index in [1.165, 1.54) is 26.9 Å². The number of aliphatic hydroxyl groups is 1. The van der Waals surface area contributed by atoms with E-state index in [2.05, 4.69) is 30.1 Å². The number of hydrogen-bond acceptors (Lipinski definition) is 17. The van der Waals surface area contributed by atoms with Gasteiger partial charge in [-0.3, -0.25) is 33.7 Å². The second kappa shape index (κ2) is 23.4. The summed E-state index contributed by atoms with van der Waals surface area (Å²) < 4.78 is 34.2. The molecule has 4 aliphatic rings. The number of likely N-dealkylation sites (tertiary alicyclic amines) is 2. The zero-order valence-electron chi connectivity index (χ0n) is 42.3. The van der Waals surface area contributed by atoms with Crippen molar-refractivity contribution in [3.8, 4) is 11.3 Å². The summed E-state index contributed by atoms with van der Waals surface area (Å²) in [5.74, 6) is -4.95. The van der Waals surface area contributed by atoms with Crippen molar-refractivity contribution in [1.29, 1.82) is 0 Å². The molecule has 0 radical (unpaired) electrons. The number of alkyl halides is 1. The first-order chi connectivity index (χ1) is 33.4. The average Bonchev–Trinajstić information content (AvgIpc) is 4.16. The van der Waals surface area contributed by atoms with Crippen LogP contribution in [0.3, 0.4) is 0 Å². The molecular weight excluding hydrogens is 1010 g/mol. The van der Waals surface area contributed by atoms with Crippen molar-refractivity contribution < 1.29 is 48.0 Å². The SMILES string of the molecule is CO[C@]1(C)C[C@@H](C)C(=O)[C@@H]2C(CCCn3cnc(-c4cccnc4)c3)N(C)[C@H]2[C@](C)(OC=O)[C@@H](I)OC(=O)[C@H](C)C(=O)[C@H](C)[C@H]1O[C@@H]1O[C@H](C)C[C@H](N(C)CCc2cn(CCN3CCCC3)nn2)[C@H]1O. The van der Waals surface area contributed by atoms with E-state index in [0.29, 0.717) is 45.2 Å². The Balaban J connectivity index is 1.10. The first-order valence-corrected chi connectivity index (χ1v) is 26.2. The number of aromatic nitrogens is 6. The lowest BCUT2D eigenvalue weighted by atomic mass is 9.65. The molecule has 1 N–H and O–H groups in total. The van der Waals surface area contributed by atoms with Gasteiger partial charge in [-0.1, -0.05) is 19.1 Å². The number of fused-ring (bicyclic) bond motifs is 1. The molecule has 0 spiro atoms. The van der Waals surface area contributed by atoms with Gasteiger partial charge >= 0.3 is 5.97 Å². The Morgan fingerprint density at radius 2 is 1.81 bits per heavy atom. The van der Waals surface area contributed by atoms with Gasteiger partial charge in [0.05, 0.1) is 54.0 Å². The lowest BCUT2D eigenvalue weighted by Crippen LogP contribution is -2.75. The quantitative estimate of drug-likeness (QED) is 0.0660. The molecule has 386 valence electrons. The third-order valence-electron chi connectivity index (χ3n) is 15.7. The van der Waals surface area contributed by atoms with Gasteiger partial charge in [0.2, 0.25) is 0 Å². The number of nitrogens with zero attached hydrogens (tertiary/aromatic N) is 9. The van der Waals surface area contributed by atoms with Crippen LogP contribution in [0, 0.1) is 23.7 Å². The number of methoxy groups -OCH3 is 1. The van der Waals surface area contributed by atoms with Crippen LogP contribution in [0.1, 0.15) is 85.8 Å². The molecule has 70 heavy (non-hydrogen) atoms. The molecule has 0 aromatic carbocycles. The van der Waals surface area contributed by atoms with Gasteiger partial charge in [0.25, 0.3) is 6.47 Å². The molecule has 1 unspecified atom stereocenters. The van der Waals surface area contributed by atoms with Crippen molar-refractivity contribution in [2.24, 2.45) is 23.7 Å². The highest BCUT2D eigenvalue weighted by Gasteiger charge is 2.63. The van der Waals surface area contributed by atoms with Crippen molar-refractivity contribution in [1.82, 2.24) is 44.2 Å². The van der Waals surface area contributed by atoms with Crippen LogP contribution in [0.15, 0.2) is 43.2 Å². The van der Waals surface area contributed by atoms with Gasteiger partial charge < -0.3 is 43.2 Å². The molecule has 14 atom stereocenters. The zero-order valence-corrected chi connectivity index (χ0v) is 44.4. The summed E-state index contributed by atoms with van der Waals surface area (Å²) in [7, 11) is 5.36. The third kappa shape index (κ3) is 11.8. The second-order valence-electron chi connectivity index (χ2n) is 20.6. The van der Waals surface area contributed by atoms with E-state index in [9.17, 15) is 19.5 Å². The highest BCUT2D eigenvalue weighted by atomic mass is 127. The van der Waals surface area contributed by atoms with E-state index >= 15 is 4.79 Å². The van der Waals surface area contributed by atoms with Crippen molar-refractivity contribution in [2.75, 3.05) is 47.4 Å². The molecule has 20 heteroatoms. The summed E-state index contributed by atoms with van der Waals surface area (Å²) in [5, 5.41) is 20.9. The monoisotopic (exact) mass is 1090 g/mol. The number of Topliss-reactive ketones (excluding diaryl/α,β-unsaturated/α-hetero) is 2. The van der Waals surface area contributed by atoms with Crippen LogP contribution < -0.4 is 0 Å². The van der Waals surface area contributed by atoms with Crippen molar-refractivity contribution in [3.05, 3.63) is 48.9 Å². The number of pyridine rings is 1. The maximum absolute atomic E-state index is 15.2. The van der Waals surface area contributed by atoms with Gasteiger partial charge in [0.1, 0.15) is 17.8 Å². The molecule has 3 aromatic heterocycles. The van der Waals surface area contributed by atoms with Crippen molar-refractivity contribution in [3.63, 3.8) is 0 Å². The molecule has 0 saturated carbocycles. The number of likely N-dealkylation sites (N-methyl/N-ethyl adjacent to an activating group) is 2. The summed E-state index contributed by atoms with van der Waals surface area (Å²) >= 11 is 1.93. The number of ether oxygens (including phenoxy) is 5. The molecule has 4 aliphatic heterocycles. The summed E-state index contributed by atoms with van der Waals surface area (Å²) in [5.41, 5.74) is -0.200. The minimum Gasteiger partial charge on any atom is -0.455 e. The fourth-order valence-corrected chi connectivity index (χ4v) is 12.2. The van der Waals surface area contributed by atoms with Gasteiger partial charge in [-0.25, -0.2) is 4.98 Å². The molecule has 19 nitrogen and oxygen atoms in total. The number of hydrogen-bond donors (Lipinski definition) is 1. The highest BCUT2D eigenvalue weighted by Crippen LogP contribution is 2.48. The molecule has 3 aromatic rings. The Morgan fingerprint density at radius 1 is 1.06 bits per heavy atom. The van der Waals surface area contributed by atoms with E-state index in [4.69, 9.17) is 23.7 Å². The smallest absolute Gasteiger partial charge is 0.317 e. The Morgan fingerprint density at radius 3 is 2.51 bits per heavy atom. The lowest BCUT2D eigenvalue weighted by molar-refractivity contribution is -0.296. The fourth-order valence-electron chi connectivity index (χ4n) is 11.4. The maximum Gasteiger partial charge on any atom is 0.317 e. The van der Waals surface area contributed by atoms with Crippen LogP contribution in [0.4, 0.5) is 0 Å². The predicted molar refractivity (Wildman–Crippen MR) is 266 cm³/mol. The van der Waals surface area contributed by atoms with Crippen molar-refractivity contribution >= 4 is 46.6 Å². The third-order valence-corrected chi connectivity index (χ3v) is 17.2. The molecule has 0 aliphatic carbocycles. The number of carbonyl (C=O) groups excluding carboxylic acids is 4. The largest absolute Gasteiger partial charge is 0.455 e. The number of ketones is 2. The minimum atomic E-state index is -1.47. The number of aryl methyl sites for hydroxylation is 1. The standard InChI is InChI=1S/C50H74IN9O10/c1-31-25-49(5,66-9)45(69-47-43(64)39(24-32(2)68-47)56(7)21-16-36-27-60(55-54-36)23-22-58-18-10-11-19-58)33(3)42(63)34(4)46(65)70-48(51)50(6,67-30-61)44-40(41(31)62)38(57(44)8)15-13-20-59-28-37(53-29-59)35-14-12-17-52-26-35/h12,14,17,26-34,38-40,43-45,47-48,64H,10-11,13,15-16,18-25H2,1-9H3/t31-,32-,33+,34-,38?,39+,40+,43-,44-,45-,47+,48+,49-,50+/m1/s1. The second-order valence-corrected chi connectivity index (χ2v) is 21.7. The number of rotatable bonds is 17. The summed E-state index contributed by atoms with van der Waals surface area (Å²) in [6.45, 7) is 15.9. The van der Waals surface area contributed by atoms with Gasteiger partial charge in [-0.15, -0.1) is 5.10 Å². The van der Waals surface area contributed by atoms with Crippen LogP contribution in [-0.2, 0) is 62.4 Å². The summed E-state index contributed by atoms with van der Waals surface area (Å²) in [4.78, 5) is 71.4. The van der Waals surface area contributed by atoms with E-state index in [1.807, 2.05) is 89.2 Å². The molecule has 7 rings (SSSR count). The van der Waals surface area contributed by atoms with E-state index in [-0.39, 0.29) is 30.4 Å². The van der Waals surface area contributed by atoms with Crippen LogP contribution >= 0.6 is 22.6 Å². The Kier molecular flexibility index (Phi) is 18.1. The number of halogens is 1. The predicted octanol–water partition coefficient (Wildman–Crippen LogP) is 4.23. The summed E-state index contributed by atoms with van der Waals surface area (Å²) in [6, 6.07) is 2.51. The lowest BCUT2D eigenvalue weighted by Gasteiger charge is -2.59. The summed E-state index contributed by atoms with van der Waals surface area (Å²) in [6.07, 6.45) is 10.6. The molecular formula is C50H74IN9O10. The van der Waals surface area contributed by atoms with Gasteiger partial charge in [0, 0.05) is 87.4 Å². The average molecular weight is 1090 g/mol. The Bertz CT molecular complexity index is 2230. The van der Waals surface area contributed by atoms with Crippen LogP contribution in [0.2, 0.25) is 0 Å². The molecule has 0 amide bonds. The number of cyclic esters (lactones) is 1. The normalized spacial score (nSPS) is 35.0. The molecule has 7 heterocycles. The first kappa shape index (κ1) is 54.0. The van der Waals surface area contributed by atoms with Crippen LogP contribution in [0.5, 0.6) is 0 Å². The minimum absolute atomic E-state index is 0.0902. The van der Waals surface area contributed by atoms with Crippen LogP contribution in [0.25, 0.3) is 11.3 Å². The Hall–Kier alpha value is -3.77. The highest BCUT2D eigenvalue weighted by molar-refractivity contribution is 14.1. The van der Waals surface area contributed by atoms with Crippen molar-refractivity contribution in [2.45, 2.75) is 158 Å². The van der Waals surface area contributed by atoms with E-state index < -0.39 is 75.3 Å². The number of carbonyl (C=O) groups is 4. The van der Waals surface area contributed by atoms with Crippen LogP contribution in [-0.4, -0.2) is 179 Å². The molecule has 4 fully saturated rings. The topological polar surface area (TPSA) is 206 Å². The molecule has 0 bridgehead atoms. The van der Waals surface area contributed by atoms with Gasteiger partial charge in [0.15, 0.2) is 21.8 Å². The Labute approximate surface area is 425 Å². The van der Waals surface area contributed by atoms with E-state index in [1.54, 1.807) is 39.5 Å². The molecule has 4 saturated heterocycles. The first-order valence-electron chi connectivity index (χ1n) is 24.9. The fraction of sp³-hybridized carbons (Fsp3) is 0.720. The zero-order chi connectivity index (χ0) is 50.5. The maximum atomic E-state index is 15.2. The number of esters is 1. The number of aliphatic hydroxyl groups excluding tert-OH is 1. The van der Waals surface area contributed by atoms with Gasteiger partial charge in [-0.2, -0.15) is 0 Å².